The van der Waals surface area contributed by atoms with Gasteiger partial charge in [0.2, 0.25) is 0 Å². The number of ether oxygens (including phenoxy) is 2. The van der Waals surface area contributed by atoms with Gasteiger partial charge < -0.3 is 24.1 Å². The summed E-state index contributed by atoms with van der Waals surface area (Å²) in [5.41, 5.74) is 1.88. The van der Waals surface area contributed by atoms with E-state index in [2.05, 4.69) is 15.9 Å². The van der Waals surface area contributed by atoms with E-state index in [0.29, 0.717) is 30.0 Å². The van der Waals surface area contributed by atoms with Crippen LogP contribution < -0.4 is 10.3 Å². The molecule has 0 aliphatic carbocycles. The number of aromatic hydroxyl groups is 1. The van der Waals surface area contributed by atoms with E-state index in [1.54, 1.807) is 48.3 Å². The number of hydrogen-bond donors (Lipinski definition) is 2. The molecule has 1 atom stereocenters. The largest absolute Gasteiger partial charge is 0.507 e. The lowest BCUT2D eigenvalue weighted by molar-refractivity contribution is -0.140. The number of imidazole rings is 1. The first-order valence-electron chi connectivity index (χ1n) is 10.1. The van der Waals surface area contributed by atoms with Gasteiger partial charge >= 0.3 is 5.97 Å². The molecular formula is C24H25N3O5. The second kappa shape index (κ2) is 10.4. The number of aromatic nitrogens is 3. The molecule has 8 heteroatoms. The average molecular weight is 435 g/mol. The normalized spacial score (nSPS) is 11.5. The molecule has 0 unspecified atom stereocenters. The van der Waals surface area contributed by atoms with Crippen molar-refractivity contribution in [2.75, 3.05) is 13.7 Å². The Balaban J connectivity index is 2.06. The summed E-state index contributed by atoms with van der Waals surface area (Å²) >= 11 is 0. The van der Waals surface area contributed by atoms with E-state index in [-0.39, 0.29) is 29.9 Å². The fraction of sp³-hybridized carbons (Fsp3) is 0.292. The van der Waals surface area contributed by atoms with Gasteiger partial charge in [0.15, 0.2) is 0 Å². The zero-order valence-corrected chi connectivity index (χ0v) is 18.0. The molecule has 0 fully saturated rings. The van der Waals surface area contributed by atoms with Crippen molar-refractivity contribution in [2.24, 2.45) is 0 Å². The van der Waals surface area contributed by atoms with Gasteiger partial charge in [0.05, 0.1) is 25.4 Å². The van der Waals surface area contributed by atoms with Crippen LogP contribution in [-0.4, -0.2) is 39.3 Å². The number of rotatable bonds is 9. The van der Waals surface area contributed by atoms with Crippen LogP contribution in [0.2, 0.25) is 0 Å². The fourth-order valence-electron chi connectivity index (χ4n) is 3.61. The summed E-state index contributed by atoms with van der Waals surface area (Å²) in [6, 6.07) is 8.48. The van der Waals surface area contributed by atoms with Crippen LogP contribution >= 0.6 is 0 Å². The van der Waals surface area contributed by atoms with Gasteiger partial charge in [-0.1, -0.05) is 18.1 Å². The standard InChI is InChI=1S/C24H25N3O5/c1-4-10-32-19-7-5-6-17(12-19)20(13-22(29)31-3)23-21(28)11-16(2)27(24(23)30)9-8-18-14-25-15-26-18/h1,5-7,11-12,14-15,20,28H,8-10,13H2,2-3H3,(H,25,26)/t20-/m1/s1. The van der Waals surface area contributed by atoms with Gasteiger partial charge in [-0.2, -0.15) is 0 Å². The monoisotopic (exact) mass is 435 g/mol. The predicted molar refractivity (Wildman–Crippen MR) is 119 cm³/mol. The summed E-state index contributed by atoms with van der Waals surface area (Å²) in [6.07, 6.45) is 8.97. The Labute approximate surface area is 185 Å². The number of terminal acetylenes is 1. The molecule has 3 rings (SSSR count). The Morgan fingerprint density at radius 3 is 2.88 bits per heavy atom. The van der Waals surface area contributed by atoms with Crippen molar-refractivity contribution in [1.82, 2.24) is 14.5 Å². The van der Waals surface area contributed by atoms with E-state index in [1.165, 1.54) is 13.2 Å². The molecule has 2 aromatic heterocycles. The van der Waals surface area contributed by atoms with Crippen molar-refractivity contribution in [3.63, 3.8) is 0 Å². The molecule has 32 heavy (non-hydrogen) atoms. The number of esters is 1. The van der Waals surface area contributed by atoms with Crippen molar-refractivity contribution >= 4 is 5.97 Å². The summed E-state index contributed by atoms with van der Waals surface area (Å²) in [7, 11) is 1.28. The SMILES string of the molecule is C#CCOc1cccc([C@@H](CC(=O)OC)c2c(O)cc(C)n(CCc3cnc[nH]3)c2=O)c1. The summed E-state index contributed by atoms with van der Waals surface area (Å²) < 4.78 is 11.9. The molecule has 2 N–H and O–H groups in total. The third-order valence-electron chi connectivity index (χ3n) is 5.21. The molecule has 0 amide bonds. The molecule has 0 spiro atoms. The maximum absolute atomic E-state index is 13.5. The molecule has 0 bridgehead atoms. The number of H-pyrrole nitrogens is 1. The Kier molecular flexibility index (Phi) is 7.34. The lowest BCUT2D eigenvalue weighted by atomic mass is 9.88. The smallest absolute Gasteiger partial charge is 0.306 e. The van der Waals surface area contributed by atoms with Gasteiger partial charge in [0, 0.05) is 36.5 Å². The van der Waals surface area contributed by atoms with Crippen LogP contribution in [0.3, 0.4) is 0 Å². The number of nitrogens with one attached hydrogen (secondary N) is 1. The van der Waals surface area contributed by atoms with Gasteiger partial charge in [-0.05, 0) is 30.7 Å². The molecule has 8 nitrogen and oxygen atoms in total. The molecular weight excluding hydrogens is 410 g/mol. The number of carbonyl (C=O) groups excluding carboxylic acids is 1. The van der Waals surface area contributed by atoms with E-state index in [4.69, 9.17) is 15.9 Å². The van der Waals surface area contributed by atoms with Crippen molar-refractivity contribution in [3.05, 3.63) is 75.7 Å². The van der Waals surface area contributed by atoms with Crippen LogP contribution in [-0.2, 0) is 22.5 Å². The van der Waals surface area contributed by atoms with Crippen LogP contribution in [0, 0.1) is 19.3 Å². The lowest BCUT2D eigenvalue weighted by Gasteiger charge is -2.21. The molecule has 0 saturated heterocycles. The first-order valence-corrected chi connectivity index (χ1v) is 10.1. The highest BCUT2D eigenvalue weighted by atomic mass is 16.5. The molecule has 0 aliphatic rings. The highest BCUT2D eigenvalue weighted by molar-refractivity contribution is 5.71. The first-order chi connectivity index (χ1) is 15.4. The van der Waals surface area contributed by atoms with E-state index in [9.17, 15) is 14.7 Å². The molecule has 0 saturated carbocycles. The van der Waals surface area contributed by atoms with E-state index in [0.717, 1.165) is 5.69 Å². The maximum atomic E-state index is 13.5. The van der Waals surface area contributed by atoms with Gasteiger partial charge in [0.1, 0.15) is 18.1 Å². The summed E-state index contributed by atoms with van der Waals surface area (Å²) in [4.78, 5) is 32.7. The van der Waals surface area contributed by atoms with E-state index >= 15 is 0 Å². The van der Waals surface area contributed by atoms with Gasteiger partial charge in [-0.25, -0.2) is 4.98 Å². The summed E-state index contributed by atoms with van der Waals surface area (Å²) in [5.74, 6) is 1.49. The highest BCUT2D eigenvalue weighted by Gasteiger charge is 2.27. The van der Waals surface area contributed by atoms with Crippen molar-refractivity contribution < 1.29 is 19.4 Å². The van der Waals surface area contributed by atoms with Crippen molar-refractivity contribution in [3.8, 4) is 23.8 Å². The average Bonchev–Trinajstić information content (AvgIpc) is 3.30. The summed E-state index contributed by atoms with van der Waals surface area (Å²) in [5, 5.41) is 10.7. The van der Waals surface area contributed by atoms with E-state index < -0.39 is 11.9 Å². The third-order valence-corrected chi connectivity index (χ3v) is 5.21. The molecule has 166 valence electrons. The number of methoxy groups -OCH3 is 1. The fourth-order valence-corrected chi connectivity index (χ4v) is 3.61. The molecule has 0 aliphatic heterocycles. The topological polar surface area (TPSA) is 106 Å². The van der Waals surface area contributed by atoms with Crippen molar-refractivity contribution in [1.29, 1.82) is 0 Å². The highest BCUT2D eigenvalue weighted by Crippen LogP contribution is 2.34. The van der Waals surface area contributed by atoms with Crippen LogP contribution in [0.4, 0.5) is 0 Å². The quantitative estimate of drug-likeness (QED) is 0.395. The number of nitrogens with zero attached hydrogens (tertiary/aromatic N) is 2. The minimum atomic E-state index is -0.733. The minimum Gasteiger partial charge on any atom is -0.507 e. The zero-order valence-electron chi connectivity index (χ0n) is 18.0. The number of pyridine rings is 1. The number of hydrogen-bond acceptors (Lipinski definition) is 6. The second-order valence-corrected chi connectivity index (χ2v) is 7.27. The second-order valence-electron chi connectivity index (χ2n) is 7.27. The Morgan fingerprint density at radius 2 is 2.19 bits per heavy atom. The first kappa shape index (κ1) is 22.7. The lowest BCUT2D eigenvalue weighted by Crippen LogP contribution is -2.29. The molecule has 1 aromatic carbocycles. The maximum Gasteiger partial charge on any atom is 0.306 e. The van der Waals surface area contributed by atoms with Crippen LogP contribution in [0.1, 0.15) is 34.9 Å². The number of aromatic amines is 1. The number of aryl methyl sites for hydroxylation is 2. The van der Waals surface area contributed by atoms with Crippen molar-refractivity contribution in [2.45, 2.75) is 32.2 Å². The number of benzene rings is 1. The Bertz CT molecular complexity index is 1180. The Morgan fingerprint density at radius 1 is 1.38 bits per heavy atom. The van der Waals surface area contributed by atoms with Gasteiger partial charge in [0.25, 0.3) is 5.56 Å². The van der Waals surface area contributed by atoms with E-state index in [1.807, 2.05) is 0 Å². The van der Waals surface area contributed by atoms with Gasteiger partial charge in [-0.3, -0.25) is 9.59 Å². The number of carbonyl (C=O) groups is 1. The minimum absolute atomic E-state index is 0.0846. The molecule has 0 radical (unpaired) electrons. The zero-order chi connectivity index (χ0) is 23.1. The van der Waals surface area contributed by atoms with Crippen LogP contribution in [0.25, 0.3) is 0 Å². The van der Waals surface area contributed by atoms with Gasteiger partial charge in [-0.15, -0.1) is 6.42 Å². The van der Waals surface area contributed by atoms with Crippen LogP contribution in [0.15, 0.2) is 47.7 Å². The Hall–Kier alpha value is -3.99. The third kappa shape index (κ3) is 5.19. The van der Waals surface area contributed by atoms with Crippen LogP contribution in [0.5, 0.6) is 11.5 Å². The predicted octanol–water partition coefficient (Wildman–Crippen LogP) is 2.54. The molecule has 2 heterocycles. The molecule has 3 aromatic rings. The summed E-state index contributed by atoms with van der Waals surface area (Å²) in [6.45, 7) is 2.22.